The van der Waals surface area contributed by atoms with Gasteiger partial charge in [0.2, 0.25) is 5.91 Å². The van der Waals surface area contributed by atoms with Crippen LogP contribution >= 0.6 is 0 Å². The van der Waals surface area contributed by atoms with Crippen molar-refractivity contribution < 1.29 is 14.3 Å². The molecule has 0 aromatic heterocycles. The Labute approximate surface area is 173 Å². The molecule has 158 valence electrons. The molecular formula is C23H33N3O3. The third kappa shape index (κ3) is 4.51. The Morgan fingerprint density at radius 1 is 1.10 bits per heavy atom. The number of carbonyl (C=O) groups is 2. The maximum atomic E-state index is 12.3. The van der Waals surface area contributed by atoms with Crippen LogP contribution in [0.25, 0.3) is 0 Å². The summed E-state index contributed by atoms with van der Waals surface area (Å²) < 4.78 is 5.51. The first-order valence-electron chi connectivity index (χ1n) is 10.9. The molecule has 0 bridgehead atoms. The number of fused-ring (bicyclic) bond motifs is 1. The van der Waals surface area contributed by atoms with Gasteiger partial charge in [-0.15, -0.1) is 0 Å². The second kappa shape index (κ2) is 7.88. The lowest BCUT2D eigenvalue weighted by Crippen LogP contribution is -2.47. The zero-order chi connectivity index (χ0) is 20.6. The lowest BCUT2D eigenvalue weighted by Gasteiger charge is -2.34. The topological polar surface area (TPSA) is 61.9 Å². The summed E-state index contributed by atoms with van der Waals surface area (Å²) in [4.78, 5) is 28.1. The lowest BCUT2D eigenvalue weighted by atomic mass is 9.88. The molecule has 1 N–H and O–H groups in total. The van der Waals surface area contributed by atoms with Crippen LogP contribution in [0, 0.1) is 0 Å². The minimum Gasteiger partial charge on any atom is -0.444 e. The summed E-state index contributed by atoms with van der Waals surface area (Å²) in [6, 6.07) is 7.34. The predicted octanol–water partition coefficient (Wildman–Crippen LogP) is 3.44. The number of nitrogens with one attached hydrogen (secondary N) is 1. The normalized spacial score (nSPS) is 23.0. The van der Waals surface area contributed by atoms with Crippen molar-refractivity contribution in [3.63, 3.8) is 0 Å². The average Bonchev–Trinajstić information content (AvgIpc) is 3.10. The van der Waals surface area contributed by atoms with Crippen molar-refractivity contribution in [3.05, 3.63) is 29.3 Å². The molecule has 6 nitrogen and oxygen atoms in total. The van der Waals surface area contributed by atoms with Crippen LogP contribution in [0.1, 0.15) is 63.5 Å². The fourth-order valence-corrected chi connectivity index (χ4v) is 4.79. The number of hydrogen-bond donors (Lipinski definition) is 1. The van der Waals surface area contributed by atoms with Crippen molar-refractivity contribution in [2.24, 2.45) is 0 Å². The molecular weight excluding hydrogens is 366 g/mol. The van der Waals surface area contributed by atoms with Gasteiger partial charge in [-0.3, -0.25) is 4.79 Å². The molecule has 0 spiro atoms. The largest absolute Gasteiger partial charge is 0.444 e. The van der Waals surface area contributed by atoms with Crippen LogP contribution in [-0.4, -0.2) is 54.7 Å². The van der Waals surface area contributed by atoms with E-state index in [1.165, 1.54) is 16.8 Å². The van der Waals surface area contributed by atoms with Gasteiger partial charge in [-0.05, 0) is 69.6 Å². The van der Waals surface area contributed by atoms with E-state index in [1.54, 1.807) is 0 Å². The van der Waals surface area contributed by atoms with Crippen LogP contribution in [0.4, 0.5) is 10.5 Å². The minimum atomic E-state index is -0.444. The zero-order valence-corrected chi connectivity index (χ0v) is 17.9. The summed E-state index contributed by atoms with van der Waals surface area (Å²) >= 11 is 0. The number of piperidine rings is 2. The lowest BCUT2D eigenvalue weighted by molar-refractivity contribution is -0.122. The molecule has 1 aromatic rings. The van der Waals surface area contributed by atoms with Crippen molar-refractivity contribution >= 4 is 17.7 Å². The van der Waals surface area contributed by atoms with E-state index in [9.17, 15) is 9.59 Å². The summed E-state index contributed by atoms with van der Waals surface area (Å²) in [6.45, 7) is 9.03. The molecule has 3 heterocycles. The van der Waals surface area contributed by atoms with Gasteiger partial charge < -0.3 is 19.9 Å². The van der Waals surface area contributed by atoms with Crippen molar-refractivity contribution in [1.82, 2.24) is 10.2 Å². The fraction of sp³-hybridized carbons (Fsp3) is 0.652. The Morgan fingerprint density at radius 3 is 2.52 bits per heavy atom. The van der Waals surface area contributed by atoms with E-state index in [-0.39, 0.29) is 12.0 Å². The van der Waals surface area contributed by atoms with Crippen LogP contribution in [0.3, 0.4) is 0 Å². The van der Waals surface area contributed by atoms with E-state index in [1.807, 2.05) is 25.7 Å². The number of amides is 2. The van der Waals surface area contributed by atoms with Crippen LogP contribution < -0.4 is 10.2 Å². The third-order valence-electron chi connectivity index (χ3n) is 6.33. The van der Waals surface area contributed by atoms with Crippen molar-refractivity contribution in [3.8, 4) is 0 Å². The average molecular weight is 400 g/mol. The Hall–Kier alpha value is -2.24. The molecule has 2 amide bonds. The first kappa shape index (κ1) is 20.0. The van der Waals surface area contributed by atoms with E-state index < -0.39 is 5.60 Å². The zero-order valence-electron chi connectivity index (χ0n) is 17.9. The maximum Gasteiger partial charge on any atom is 0.410 e. The maximum absolute atomic E-state index is 12.3. The summed E-state index contributed by atoms with van der Waals surface area (Å²) in [6.07, 6.45) is 4.41. The Kier molecular flexibility index (Phi) is 5.45. The van der Waals surface area contributed by atoms with Gasteiger partial charge in [0.25, 0.3) is 0 Å². The predicted molar refractivity (Wildman–Crippen MR) is 113 cm³/mol. The molecule has 29 heavy (non-hydrogen) atoms. The summed E-state index contributed by atoms with van der Waals surface area (Å²) in [5.41, 5.74) is 3.71. The highest BCUT2D eigenvalue weighted by atomic mass is 16.6. The number of benzene rings is 1. The fourth-order valence-electron chi connectivity index (χ4n) is 4.79. The number of likely N-dealkylation sites (tertiary alicyclic amines) is 1. The van der Waals surface area contributed by atoms with Crippen LogP contribution in [0.15, 0.2) is 18.2 Å². The highest BCUT2D eigenvalue weighted by Crippen LogP contribution is 2.36. The highest BCUT2D eigenvalue weighted by molar-refractivity contribution is 5.77. The van der Waals surface area contributed by atoms with E-state index in [2.05, 4.69) is 28.4 Å². The molecule has 1 aromatic carbocycles. The monoisotopic (exact) mass is 399 g/mol. The minimum absolute atomic E-state index is 0.175. The van der Waals surface area contributed by atoms with Gasteiger partial charge in [0, 0.05) is 44.3 Å². The second-order valence-electron chi connectivity index (χ2n) is 9.57. The van der Waals surface area contributed by atoms with Crippen molar-refractivity contribution in [2.75, 3.05) is 31.1 Å². The Bertz CT molecular complexity index is 768. The molecule has 6 heteroatoms. The molecule has 1 unspecified atom stereocenters. The van der Waals surface area contributed by atoms with E-state index in [0.29, 0.717) is 18.4 Å². The number of hydrogen-bond acceptors (Lipinski definition) is 4. The van der Waals surface area contributed by atoms with E-state index in [0.717, 1.165) is 51.9 Å². The molecule has 0 saturated carbocycles. The summed E-state index contributed by atoms with van der Waals surface area (Å²) in [5.74, 6) is 0.677. The standard InChI is InChI=1S/C23H33N3O3/c1-23(2,3)29-22(28)25-11-8-16(9-12-25)17-4-6-20-18(14-17)10-13-26(20)19-5-7-21(27)24-15-19/h4,6,14,16,19H,5,7-13,15H2,1-3H3,(H,24,27). The van der Waals surface area contributed by atoms with Gasteiger partial charge >= 0.3 is 6.09 Å². The number of carbonyl (C=O) groups excluding carboxylic acids is 2. The first-order valence-corrected chi connectivity index (χ1v) is 10.9. The Balaban J connectivity index is 1.37. The van der Waals surface area contributed by atoms with Gasteiger partial charge in [0.15, 0.2) is 0 Å². The number of ether oxygens (including phenoxy) is 1. The molecule has 0 radical (unpaired) electrons. The highest BCUT2D eigenvalue weighted by Gasteiger charge is 2.31. The second-order valence-corrected chi connectivity index (χ2v) is 9.57. The van der Waals surface area contributed by atoms with Gasteiger partial charge in [-0.2, -0.15) is 0 Å². The molecule has 4 rings (SSSR count). The quantitative estimate of drug-likeness (QED) is 0.828. The van der Waals surface area contributed by atoms with Crippen LogP contribution in [0.2, 0.25) is 0 Å². The number of rotatable bonds is 2. The molecule has 2 saturated heterocycles. The smallest absolute Gasteiger partial charge is 0.410 e. The number of anilines is 1. The van der Waals surface area contributed by atoms with E-state index >= 15 is 0 Å². The third-order valence-corrected chi connectivity index (χ3v) is 6.33. The number of nitrogens with zero attached hydrogens (tertiary/aromatic N) is 2. The van der Waals surface area contributed by atoms with E-state index in [4.69, 9.17) is 4.74 Å². The summed E-state index contributed by atoms with van der Waals surface area (Å²) in [7, 11) is 0. The van der Waals surface area contributed by atoms with Crippen molar-refractivity contribution in [2.45, 2.75) is 70.4 Å². The van der Waals surface area contributed by atoms with Gasteiger partial charge in [-0.25, -0.2) is 4.79 Å². The molecule has 3 aliphatic rings. The van der Waals surface area contributed by atoms with Gasteiger partial charge in [-0.1, -0.05) is 12.1 Å². The first-order chi connectivity index (χ1) is 13.8. The van der Waals surface area contributed by atoms with Gasteiger partial charge in [0.05, 0.1) is 0 Å². The SMILES string of the molecule is CC(C)(C)OC(=O)N1CCC(c2ccc3c(c2)CCN3C2CCC(=O)NC2)CC1. The Morgan fingerprint density at radius 2 is 1.86 bits per heavy atom. The van der Waals surface area contributed by atoms with Crippen LogP contribution in [0.5, 0.6) is 0 Å². The van der Waals surface area contributed by atoms with Crippen LogP contribution in [-0.2, 0) is 16.0 Å². The van der Waals surface area contributed by atoms with Gasteiger partial charge in [0.1, 0.15) is 5.60 Å². The molecule has 2 fully saturated rings. The molecule has 0 aliphatic carbocycles. The molecule has 3 aliphatic heterocycles. The van der Waals surface area contributed by atoms with Crippen molar-refractivity contribution in [1.29, 1.82) is 0 Å². The molecule has 1 atom stereocenters. The summed E-state index contributed by atoms with van der Waals surface area (Å²) in [5, 5.41) is 3.01.